The van der Waals surface area contributed by atoms with Gasteiger partial charge in [-0.1, -0.05) is 18.2 Å². The highest BCUT2D eigenvalue weighted by atomic mass is 32.2. The van der Waals surface area contributed by atoms with Gasteiger partial charge in [-0.2, -0.15) is 0 Å². The molecule has 0 aliphatic heterocycles. The molecular weight excluding hydrogens is 210 g/mol. The summed E-state index contributed by atoms with van der Waals surface area (Å²) in [5.41, 5.74) is 1.80. The Morgan fingerprint density at radius 3 is 2.67 bits per heavy atom. The minimum absolute atomic E-state index is 0.793. The lowest BCUT2D eigenvalue weighted by Crippen LogP contribution is -1.87. The molecule has 0 amide bonds. The first kappa shape index (κ1) is 9.98. The van der Waals surface area contributed by atoms with Gasteiger partial charge in [0, 0.05) is 22.9 Å². The number of aromatic amines is 1. The number of nitrogens with one attached hydrogen (secondary N) is 1. The van der Waals surface area contributed by atoms with Crippen LogP contribution in [0.4, 0.5) is 0 Å². The molecule has 2 rings (SSSR count). The van der Waals surface area contributed by atoms with Crippen molar-refractivity contribution < 1.29 is 8.42 Å². The van der Waals surface area contributed by atoms with Crippen molar-refractivity contribution in [1.29, 1.82) is 0 Å². The van der Waals surface area contributed by atoms with Crippen molar-refractivity contribution in [1.82, 2.24) is 4.98 Å². The molecule has 0 radical (unpaired) electrons. The number of rotatable bonds is 2. The van der Waals surface area contributed by atoms with E-state index in [4.69, 9.17) is 0 Å². The van der Waals surface area contributed by atoms with Crippen LogP contribution in [0, 0.1) is 0 Å². The Balaban J connectivity index is 2.42. The molecule has 0 aliphatic carbocycles. The molecular formula is C11H11NO2S. The van der Waals surface area contributed by atoms with Crippen molar-refractivity contribution in [2.45, 2.75) is 0 Å². The Hall–Kier alpha value is -1.55. The second kappa shape index (κ2) is 3.55. The van der Waals surface area contributed by atoms with Gasteiger partial charge < -0.3 is 4.98 Å². The zero-order valence-electron chi connectivity index (χ0n) is 8.27. The van der Waals surface area contributed by atoms with E-state index in [1.807, 2.05) is 30.3 Å². The molecule has 0 bridgehead atoms. The molecule has 2 aromatic rings. The third kappa shape index (κ3) is 2.47. The summed E-state index contributed by atoms with van der Waals surface area (Å²) in [4.78, 5) is 3.12. The standard InChI is InChI=1S/C11H11NO2S/c1-15(13,14)7-6-10-8-9-4-2-3-5-11(9)12-10/h2-8,12H,1H3/b7-6+. The number of benzene rings is 1. The highest BCUT2D eigenvalue weighted by Crippen LogP contribution is 2.15. The van der Waals surface area contributed by atoms with E-state index in [0.29, 0.717) is 0 Å². The minimum atomic E-state index is -3.06. The van der Waals surface area contributed by atoms with Crippen molar-refractivity contribution in [2.24, 2.45) is 0 Å². The maximum Gasteiger partial charge on any atom is 0.168 e. The van der Waals surface area contributed by atoms with Crippen molar-refractivity contribution >= 4 is 26.8 Å². The number of H-pyrrole nitrogens is 1. The van der Waals surface area contributed by atoms with Crippen molar-refractivity contribution in [3.63, 3.8) is 0 Å². The predicted octanol–water partition coefficient (Wildman–Crippen LogP) is 2.18. The van der Waals surface area contributed by atoms with E-state index < -0.39 is 9.84 Å². The summed E-state index contributed by atoms with van der Waals surface area (Å²) in [6, 6.07) is 9.72. The highest BCUT2D eigenvalue weighted by Gasteiger charge is 1.98. The third-order valence-corrected chi connectivity index (χ3v) is 2.68. The maximum absolute atomic E-state index is 10.9. The number of para-hydroxylation sites is 1. The zero-order valence-corrected chi connectivity index (χ0v) is 9.08. The Labute approximate surface area is 88.4 Å². The molecule has 0 saturated carbocycles. The molecule has 1 heterocycles. The Morgan fingerprint density at radius 1 is 1.27 bits per heavy atom. The van der Waals surface area contributed by atoms with Gasteiger partial charge in [0.1, 0.15) is 0 Å². The molecule has 3 nitrogen and oxygen atoms in total. The summed E-state index contributed by atoms with van der Waals surface area (Å²) < 4.78 is 21.8. The second-order valence-corrected chi connectivity index (χ2v) is 5.38. The predicted molar refractivity (Wildman–Crippen MR) is 62.2 cm³/mol. The number of hydrogen-bond donors (Lipinski definition) is 1. The third-order valence-electron chi connectivity index (χ3n) is 2.05. The van der Waals surface area contributed by atoms with Gasteiger partial charge >= 0.3 is 0 Å². The average Bonchev–Trinajstić information content (AvgIpc) is 2.56. The van der Waals surface area contributed by atoms with Crippen LogP contribution in [-0.4, -0.2) is 19.7 Å². The fourth-order valence-corrected chi connectivity index (χ4v) is 1.78. The SMILES string of the molecule is CS(=O)(=O)/C=C/c1cc2ccccc2[nH]1. The van der Waals surface area contributed by atoms with Crippen LogP contribution in [0.3, 0.4) is 0 Å². The first-order valence-corrected chi connectivity index (χ1v) is 6.46. The Morgan fingerprint density at radius 2 is 2.00 bits per heavy atom. The molecule has 0 unspecified atom stereocenters. The van der Waals surface area contributed by atoms with E-state index in [1.165, 1.54) is 11.7 Å². The van der Waals surface area contributed by atoms with Crippen LogP contribution in [-0.2, 0) is 9.84 Å². The van der Waals surface area contributed by atoms with Crippen LogP contribution >= 0.6 is 0 Å². The molecule has 78 valence electrons. The second-order valence-electron chi connectivity index (χ2n) is 3.44. The molecule has 4 heteroatoms. The molecule has 1 aromatic carbocycles. The number of sulfone groups is 1. The lowest BCUT2D eigenvalue weighted by atomic mass is 10.2. The fraction of sp³-hybridized carbons (Fsp3) is 0.0909. The van der Waals surface area contributed by atoms with Crippen LogP contribution in [0.1, 0.15) is 5.69 Å². The quantitative estimate of drug-likeness (QED) is 0.845. The minimum Gasteiger partial charge on any atom is -0.355 e. The normalized spacial score (nSPS) is 12.6. The monoisotopic (exact) mass is 221 g/mol. The molecule has 0 aliphatic rings. The molecule has 0 spiro atoms. The van der Waals surface area contributed by atoms with E-state index in [2.05, 4.69) is 4.98 Å². The first-order chi connectivity index (χ1) is 7.04. The zero-order chi connectivity index (χ0) is 10.9. The molecule has 0 atom stereocenters. The van der Waals surface area contributed by atoms with Gasteiger partial charge in [-0.15, -0.1) is 0 Å². The summed E-state index contributed by atoms with van der Waals surface area (Å²) in [5.74, 6) is 0. The molecule has 1 aromatic heterocycles. The van der Waals surface area contributed by atoms with Crippen molar-refractivity contribution in [3.05, 3.63) is 41.4 Å². The summed E-state index contributed by atoms with van der Waals surface area (Å²) >= 11 is 0. The van der Waals surface area contributed by atoms with Gasteiger partial charge in [-0.05, 0) is 23.6 Å². The molecule has 0 saturated heterocycles. The molecule has 1 N–H and O–H groups in total. The number of aromatic nitrogens is 1. The Kier molecular flexibility index (Phi) is 2.36. The van der Waals surface area contributed by atoms with Crippen LogP contribution in [0.25, 0.3) is 17.0 Å². The van der Waals surface area contributed by atoms with E-state index in [0.717, 1.165) is 16.6 Å². The van der Waals surface area contributed by atoms with Crippen molar-refractivity contribution in [3.8, 4) is 0 Å². The van der Waals surface area contributed by atoms with Gasteiger partial charge in [0.25, 0.3) is 0 Å². The van der Waals surface area contributed by atoms with Gasteiger partial charge in [-0.25, -0.2) is 8.42 Å². The summed E-state index contributed by atoms with van der Waals surface area (Å²) in [6.45, 7) is 0. The van der Waals surface area contributed by atoms with E-state index in [9.17, 15) is 8.42 Å². The van der Waals surface area contributed by atoms with Gasteiger partial charge in [0.2, 0.25) is 0 Å². The van der Waals surface area contributed by atoms with E-state index >= 15 is 0 Å². The summed E-state index contributed by atoms with van der Waals surface area (Å²) in [5, 5.41) is 2.27. The first-order valence-electron chi connectivity index (χ1n) is 4.50. The molecule has 0 fully saturated rings. The smallest absolute Gasteiger partial charge is 0.168 e. The topological polar surface area (TPSA) is 49.9 Å². The van der Waals surface area contributed by atoms with Gasteiger partial charge in [-0.3, -0.25) is 0 Å². The van der Waals surface area contributed by atoms with Crippen LogP contribution in [0.5, 0.6) is 0 Å². The van der Waals surface area contributed by atoms with Gasteiger partial charge in [0.05, 0.1) is 0 Å². The van der Waals surface area contributed by atoms with Crippen LogP contribution in [0.15, 0.2) is 35.7 Å². The lowest BCUT2D eigenvalue weighted by molar-refractivity contribution is 0.610. The Bertz CT molecular complexity index is 575. The number of fused-ring (bicyclic) bond motifs is 1. The largest absolute Gasteiger partial charge is 0.355 e. The summed E-state index contributed by atoms with van der Waals surface area (Å²) in [6.07, 6.45) is 2.74. The van der Waals surface area contributed by atoms with Gasteiger partial charge in [0.15, 0.2) is 9.84 Å². The van der Waals surface area contributed by atoms with E-state index in [-0.39, 0.29) is 0 Å². The van der Waals surface area contributed by atoms with Crippen molar-refractivity contribution in [2.75, 3.05) is 6.26 Å². The van der Waals surface area contributed by atoms with E-state index in [1.54, 1.807) is 6.08 Å². The van der Waals surface area contributed by atoms with Crippen LogP contribution < -0.4 is 0 Å². The summed E-state index contributed by atoms with van der Waals surface area (Å²) in [7, 11) is -3.06. The fourth-order valence-electron chi connectivity index (χ4n) is 1.38. The molecule has 15 heavy (non-hydrogen) atoms. The van der Waals surface area contributed by atoms with Crippen LogP contribution in [0.2, 0.25) is 0 Å². The highest BCUT2D eigenvalue weighted by molar-refractivity contribution is 7.93. The maximum atomic E-state index is 10.9. The lowest BCUT2D eigenvalue weighted by Gasteiger charge is -1.85. The average molecular weight is 221 g/mol. The number of hydrogen-bond acceptors (Lipinski definition) is 2.